The van der Waals surface area contributed by atoms with Crippen LogP contribution in [0.25, 0.3) is 0 Å². The molecule has 148 valence electrons. The predicted octanol–water partition coefficient (Wildman–Crippen LogP) is 5.10. The van der Waals surface area contributed by atoms with Gasteiger partial charge in [-0.1, -0.05) is 67.0 Å². The van der Waals surface area contributed by atoms with Crippen molar-refractivity contribution in [2.24, 2.45) is 0 Å². The Morgan fingerprint density at radius 3 is 2.39 bits per heavy atom. The normalized spacial score (nSPS) is 12.2. The summed E-state index contributed by atoms with van der Waals surface area (Å²) >= 11 is 3.40. The Morgan fingerprint density at radius 2 is 1.79 bits per heavy atom. The topological polar surface area (TPSA) is 64.0 Å². The molecule has 0 aliphatic rings. The van der Waals surface area contributed by atoms with Crippen LogP contribution in [-0.2, 0) is 22.0 Å². The minimum Gasteiger partial charge on any atom is -0.279 e. The van der Waals surface area contributed by atoms with Gasteiger partial charge in [0.2, 0.25) is 0 Å². The number of rotatable bonds is 5. The fraction of sp³-hybridized carbons (Fsp3) is 0.286. The Bertz CT molecular complexity index is 1080. The van der Waals surface area contributed by atoms with E-state index in [0.29, 0.717) is 17.9 Å². The van der Waals surface area contributed by atoms with Crippen molar-refractivity contribution in [1.82, 2.24) is 9.78 Å². The molecule has 1 heterocycles. The summed E-state index contributed by atoms with van der Waals surface area (Å²) in [5.74, 6) is 0. The molecule has 0 spiro atoms. The average Bonchev–Trinajstić information content (AvgIpc) is 3.04. The van der Waals surface area contributed by atoms with E-state index in [4.69, 9.17) is 0 Å². The number of nitrogens with zero attached hydrogens (tertiary/aromatic N) is 2. The van der Waals surface area contributed by atoms with Crippen molar-refractivity contribution >= 4 is 31.6 Å². The average molecular weight is 462 g/mol. The maximum atomic E-state index is 13.2. The summed E-state index contributed by atoms with van der Waals surface area (Å²) < 4.78 is 31.7. The van der Waals surface area contributed by atoms with E-state index in [1.165, 1.54) is 0 Å². The smallest absolute Gasteiger partial charge is 0.265 e. The van der Waals surface area contributed by atoms with E-state index in [0.717, 1.165) is 15.6 Å². The molecule has 0 saturated heterocycles. The van der Waals surface area contributed by atoms with Crippen molar-refractivity contribution in [3.05, 3.63) is 76.0 Å². The van der Waals surface area contributed by atoms with Gasteiger partial charge in [0.25, 0.3) is 10.0 Å². The van der Waals surface area contributed by atoms with Gasteiger partial charge in [-0.3, -0.25) is 9.40 Å². The molecule has 0 aliphatic heterocycles. The van der Waals surface area contributed by atoms with E-state index in [9.17, 15) is 8.42 Å². The van der Waals surface area contributed by atoms with E-state index < -0.39 is 15.4 Å². The van der Waals surface area contributed by atoms with Crippen LogP contribution in [0.2, 0.25) is 0 Å². The molecule has 0 unspecified atom stereocenters. The van der Waals surface area contributed by atoms with Gasteiger partial charge >= 0.3 is 0 Å². The summed E-state index contributed by atoms with van der Waals surface area (Å²) in [6.07, 6.45) is 1.62. The monoisotopic (exact) mass is 461 g/mol. The molecule has 0 atom stereocenters. The third kappa shape index (κ3) is 4.64. The van der Waals surface area contributed by atoms with Crippen LogP contribution in [-0.4, -0.2) is 18.2 Å². The lowest BCUT2D eigenvalue weighted by Crippen LogP contribution is -2.20. The first kappa shape index (κ1) is 20.6. The van der Waals surface area contributed by atoms with Crippen LogP contribution in [0.3, 0.4) is 0 Å². The molecular weight excluding hydrogens is 438 g/mol. The quantitative estimate of drug-likeness (QED) is 0.574. The van der Waals surface area contributed by atoms with Gasteiger partial charge in [0.1, 0.15) is 4.90 Å². The van der Waals surface area contributed by atoms with Gasteiger partial charge in [-0.25, -0.2) is 8.42 Å². The van der Waals surface area contributed by atoms with E-state index in [1.54, 1.807) is 16.9 Å². The lowest BCUT2D eigenvalue weighted by molar-refractivity contribution is 0.533. The molecule has 0 fully saturated rings. The largest absolute Gasteiger partial charge is 0.279 e. The molecule has 7 heteroatoms. The Kier molecular flexibility index (Phi) is 5.68. The third-order valence-electron chi connectivity index (χ3n) is 4.35. The lowest BCUT2D eigenvalue weighted by atomic mass is 9.92. The van der Waals surface area contributed by atoms with Crippen molar-refractivity contribution in [3.63, 3.8) is 0 Å². The van der Waals surface area contributed by atoms with Gasteiger partial charge in [0.15, 0.2) is 0 Å². The number of sulfonamides is 1. The Balaban J connectivity index is 2.01. The molecule has 0 radical (unpaired) electrons. The van der Waals surface area contributed by atoms with Gasteiger partial charge in [-0.2, -0.15) is 5.10 Å². The molecule has 1 aromatic heterocycles. The minimum absolute atomic E-state index is 0.207. The summed E-state index contributed by atoms with van der Waals surface area (Å²) in [4.78, 5) is 0.207. The predicted molar refractivity (Wildman–Crippen MR) is 116 cm³/mol. The number of hydrogen-bond acceptors (Lipinski definition) is 3. The fourth-order valence-corrected chi connectivity index (χ4v) is 4.88. The second-order valence-corrected chi connectivity index (χ2v) is 10.4. The van der Waals surface area contributed by atoms with Gasteiger partial charge in [-0.05, 0) is 36.2 Å². The van der Waals surface area contributed by atoms with Crippen molar-refractivity contribution in [2.45, 2.75) is 44.6 Å². The summed E-state index contributed by atoms with van der Waals surface area (Å²) in [6.45, 7) is 8.27. The van der Waals surface area contributed by atoms with E-state index in [2.05, 4.69) is 25.8 Å². The van der Waals surface area contributed by atoms with E-state index in [1.807, 2.05) is 70.2 Å². The van der Waals surface area contributed by atoms with Crippen molar-refractivity contribution in [3.8, 4) is 0 Å². The van der Waals surface area contributed by atoms with Crippen molar-refractivity contribution < 1.29 is 8.42 Å². The summed E-state index contributed by atoms with van der Waals surface area (Å²) in [7, 11) is -3.78. The van der Waals surface area contributed by atoms with Gasteiger partial charge < -0.3 is 0 Å². The molecule has 0 saturated carbocycles. The van der Waals surface area contributed by atoms with Gasteiger partial charge in [0, 0.05) is 16.1 Å². The van der Waals surface area contributed by atoms with Crippen molar-refractivity contribution in [2.75, 3.05) is 4.72 Å². The summed E-state index contributed by atoms with van der Waals surface area (Å²) in [6, 6.07) is 15.3. The van der Waals surface area contributed by atoms with E-state index >= 15 is 0 Å². The maximum Gasteiger partial charge on any atom is 0.265 e. The molecule has 0 bridgehead atoms. The minimum atomic E-state index is -3.78. The zero-order valence-corrected chi connectivity index (χ0v) is 18.8. The first-order valence-electron chi connectivity index (χ1n) is 8.97. The SMILES string of the molecule is Cc1cc(Br)ccc1NS(=O)(=O)c1cn(Cc2ccccc2)nc1C(C)(C)C. The highest BCUT2D eigenvalue weighted by molar-refractivity contribution is 9.10. The molecule has 5 nitrogen and oxygen atoms in total. The Hall–Kier alpha value is -2.12. The van der Waals surface area contributed by atoms with Crippen LogP contribution in [0.15, 0.2) is 64.1 Å². The van der Waals surface area contributed by atoms with Crippen LogP contribution in [0, 0.1) is 6.92 Å². The van der Waals surface area contributed by atoms with Crippen LogP contribution >= 0.6 is 15.9 Å². The highest BCUT2D eigenvalue weighted by Crippen LogP contribution is 2.30. The molecule has 3 aromatic rings. The van der Waals surface area contributed by atoms with Crippen LogP contribution in [0.4, 0.5) is 5.69 Å². The third-order valence-corrected chi connectivity index (χ3v) is 6.21. The number of anilines is 1. The number of halogens is 1. The Labute approximate surface area is 175 Å². The first-order valence-corrected chi connectivity index (χ1v) is 11.2. The molecule has 0 amide bonds. The second-order valence-electron chi connectivity index (χ2n) is 7.84. The summed E-state index contributed by atoms with van der Waals surface area (Å²) in [5.41, 5.74) is 2.59. The number of aromatic nitrogens is 2. The van der Waals surface area contributed by atoms with Crippen LogP contribution in [0.5, 0.6) is 0 Å². The van der Waals surface area contributed by atoms with Crippen molar-refractivity contribution in [1.29, 1.82) is 0 Å². The maximum absolute atomic E-state index is 13.2. The standard InChI is InChI=1S/C21H24BrN3O2S/c1-15-12-17(22)10-11-18(15)24-28(26,27)19-14-25(23-20(19)21(2,3)4)13-16-8-6-5-7-9-16/h5-12,14,24H,13H2,1-4H3. The highest BCUT2D eigenvalue weighted by atomic mass is 79.9. The van der Waals surface area contributed by atoms with Crippen LogP contribution < -0.4 is 4.72 Å². The number of aryl methyl sites for hydroxylation is 1. The first-order chi connectivity index (χ1) is 13.1. The molecule has 28 heavy (non-hydrogen) atoms. The summed E-state index contributed by atoms with van der Waals surface area (Å²) in [5, 5.41) is 4.61. The van der Waals surface area contributed by atoms with E-state index in [-0.39, 0.29) is 4.90 Å². The molecule has 2 aromatic carbocycles. The molecule has 0 aliphatic carbocycles. The number of nitrogens with one attached hydrogen (secondary N) is 1. The Morgan fingerprint density at radius 1 is 1.11 bits per heavy atom. The zero-order valence-electron chi connectivity index (χ0n) is 16.4. The van der Waals surface area contributed by atoms with Crippen LogP contribution in [0.1, 0.15) is 37.6 Å². The number of benzene rings is 2. The second kappa shape index (κ2) is 7.72. The lowest BCUT2D eigenvalue weighted by Gasteiger charge is -2.18. The highest BCUT2D eigenvalue weighted by Gasteiger charge is 2.30. The zero-order chi connectivity index (χ0) is 20.5. The molecular formula is C21H24BrN3O2S. The number of hydrogen-bond donors (Lipinski definition) is 1. The van der Waals surface area contributed by atoms with Gasteiger partial charge in [-0.15, -0.1) is 0 Å². The molecule has 3 rings (SSSR count). The fourth-order valence-electron chi connectivity index (χ4n) is 2.91. The molecule has 1 N–H and O–H groups in total. The van der Waals surface area contributed by atoms with Gasteiger partial charge in [0.05, 0.1) is 17.9 Å².